The number of nitro benzene ring substituents is 1. The molecule has 0 amide bonds. The Kier molecular flexibility index (Phi) is 3.96. The summed E-state index contributed by atoms with van der Waals surface area (Å²) in [5, 5.41) is 27.0. The van der Waals surface area contributed by atoms with Crippen LogP contribution in [0.4, 0.5) is 11.4 Å². The Hall–Kier alpha value is -2.88. The van der Waals surface area contributed by atoms with Gasteiger partial charge in [-0.05, 0) is 24.1 Å². The van der Waals surface area contributed by atoms with Gasteiger partial charge >= 0.3 is 5.69 Å². The van der Waals surface area contributed by atoms with Gasteiger partial charge in [0.2, 0.25) is 0 Å². The van der Waals surface area contributed by atoms with E-state index >= 15 is 0 Å². The summed E-state index contributed by atoms with van der Waals surface area (Å²) in [7, 11) is 1.83. The fraction of sp³-hybridized carbons (Fsp3) is 0.231. The number of benzene rings is 1. The van der Waals surface area contributed by atoms with Crippen molar-refractivity contribution in [2.45, 2.75) is 6.42 Å². The van der Waals surface area contributed by atoms with Crippen molar-refractivity contribution in [3.05, 3.63) is 51.8 Å². The highest BCUT2D eigenvalue weighted by Gasteiger charge is 2.18. The molecule has 1 aromatic carbocycles. The van der Waals surface area contributed by atoms with Gasteiger partial charge in [0, 0.05) is 19.8 Å². The number of hydrogen-bond acceptors (Lipinski definition) is 5. The van der Waals surface area contributed by atoms with Gasteiger partial charge in [-0.25, -0.2) is 0 Å². The van der Waals surface area contributed by atoms with Gasteiger partial charge in [0.15, 0.2) is 0 Å². The summed E-state index contributed by atoms with van der Waals surface area (Å²) in [6.07, 6.45) is 4.34. The Bertz CT molecular complexity index is 672. The molecule has 0 aliphatic carbocycles. The fourth-order valence-electron chi connectivity index (χ4n) is 1.92. The van der Waals surface area contributed by atoms with E-state index in [0.717, 1.165) is 5.56 Å². The molecule has 0 spiro atoms. The number of nitrogens with one attached hydrogen (secondary N) is 1. The number of para-hydroxylation sites is 1. The monoisotopic (exact) mass is 271 g/mol. The Balaban J connectivity index is 2.10. The predicted octanol–water partition coefficient (Wildman–Crippen LogP) is 1.85. The van der Waals surface area contributed by atoms with Gasteiger partial charge in [-0.1, -0.05) is 6.07 Å². The van der Waals surface area contributed by atoms with Gasteiger partial charge in [-0.2, -0.15) is 10.4 Å². The van der Waals surface area contributed by atoms with E-state index in [1.165, 1.54) is 6.07 Å². The van der Waals surface area contributed by atoms with E-state index < -0.39 is 4.92 Å². The van der Waals surface area contributed by atoms with Crippen molar-refractivity contribution in [3.63, 3.8) is 0 Å². The molecule has 0 fully saturated rings. The summed E-state index contributed by atoms with van der Waals surface area (Å²) in [4.78, 5) is 10.5. The van der Waals surface area contributed by atoms with Gasteiger partial charge in [0.1, 0.15) is 17.3 Å². The molecule has 102 valence electrons. The lowest BCUT2D eigenvalue weighted by molar-refractivity contribution is -0.384. The van der Waals surface area contributed by atoms with E-state index in [9.17, 15) is 10.1 Å². The molecule has 0 saturated heterocycles. The number of anilines is 1. The van der Waals surface area contributed by atoms with Gasteiger partial charge in [0.25, 0.3) is 0 Å². The molecule has 0 atom stereocenters. The average Bonchev–Trinajstić information content (AvgIpc) is 2.83. The molecule has 2 rings (SSSR count). The molecule has 1 heterocycles. The van der Waals surface area contributed by atoms with E-state index in [0.29, 0.717) is 18.7 Å². The van der Waals surface area contributed by atoms with Crippen LogP contribution in [-0.2, 0) is 13.5 Å². The van der Waals surface area contributed by atoms with Crippen LogP contribution in [0.25, 0.3) is 0 Å². The van der Waals surface area contributed by atoms with Crippen LogP contribution in [0.5, 0.6) is 0 Å². The standard InChI is InChI=1S/C13H13N5O2/c1-17-9-10(8-16-17)5-6-15-12-4-2-3-11(7-14)13(12)18(19)20/h2-4,8-9,15H,5-6H2,1H3. The van der Waals surface area contributed by atoms with Crippen LogP contribution in [0.15, 0.2) is 30.6 Å². The second-order valence-corrected chi connectivity index (χ2v) is 4.27. The summed E-state index contributed by atoms with van der Waals surface area (Å²) >= 11 is 0. The third-order valence-electron chi connectivity index (χ3n) is 2.83. The molecule has 2 aromatic rings. The fourth-order valence-corrected chi connectivity index (χ4v) is 1.92. The molecule has 0 bridgehead atoms. The zero-order chi connectivity index (χ0) is 14.5. The molecular weight excluding hydrogens is 258 g/mol. The minimum absolute atomic E-state index is 0.0568. The average molecular weight is 271 g/mol. The quantitative estimate of drug-likeness (QED) is 0.661. The van der Waals surface area contributed by atoms with Gasteiger partial charge in [0.05, 0.1) is 11.1 Å². The molecule has 0 aliphatic rings. The number of aromatic nitrogens is 2. The van der Waals surface area contributed by atoms with E-state index in [1.807, 2.05) is 19.3 Å². The molecule has 20 heavy (non-hydrogen) atoms. The molecule has 0 unspecified atom stereocenters. The van der Waals surface area contributed by atoms with Gasteiger partial charge in [-0.15, -0.1) is 0 Å². The number of nitriles is 1. The smallest absolute Gasteiger partial charge is 0.309 e. The second-order valence-electron chi connectivity index (χ2n) is 4.27. The summed E-state index contributed by atoms with van der Waals surface area (Å²) in [6, 6.07) is 6.49. The van der Waals surface area contributed by atoms with Gasteiger partial charge < -0.3 is 5.32 Å². The SMILES string of the molecule is Cn1cc(CCNc2cccc(C#N)c2[N+](=O)[O-])cn1. The minimum atomic E-state index is -0.537. The zero-order valence-corrected chi connectivity index (χ0v) is 10.9. The topological polar surface area (TPSA) is 96.8 Å². The maximum Gasteiger partial charge on any atom is 0.309 e. The molecule has 1 aromatic heterocycles. The Morgan fingerprint density at radius 3 is 2.95 bits per heavy atom. The lowest BCUT2D eigenvalue weighted by atomic mass is 10.1. The van der Waals surface area contributed by atoms with Crippen LogP contribution in [0.1, 0.15) is 11.1 Å². The molecule has 7 nitrogen and oxygen atoms in total. The molecular formula is C13H13N5O2. The zero-order valence-electron chi connectivity index (χ0n) is 10.9. The van der Waals surface area contributed by atoms with Gasteiger partial charge in [-0.3, -0.25) is 14.8 Å². The van der Waals surface area contributed by atoms with Crippen LogP contribution < -0.4 is 5.32 Å². The Labute approximate surface area is 115 Å². The van der Waals surface area contributed by atoms with Crippen LogP contribution in [0.3, 0.4) is 0 Å². The molecule has 0 saturated carbocycles. The number of nitro groups is 1. The van der Waals surface area contributed by atoms with E-state index in [2.05, 4.69) is 10.4 Å². The maximum absolute atomic E-state index is 11.0. The Morgan fingerprint density at radius 1 is 1.55 bits per heavy atom. The third-order valence-corrected chi connectivity index (χ3v) is 2.83. The van der Waals surface area contributed by atoms with Crippen LogP contribution in [0.2, 0.25) is 0 Å². The van der Waals surface area contributed by atoms with Crippen LogP contribution in [-0.4, -0.2) is 21.2 Å². The number of nitrogens with zero attached hydrogens (tertiary/aromatic N) is 4. The molecule has 1 N–H and O–H groups in total. The van der Waals surface area contributed by atoms with E-state index in [4.69, 9.17) is 5.26 Å². The first-order valence-corrected chi connectivity index (χ1v) is 6.00. The second kappa shape index (κ2) is 5.84. The number of rotatable bonds is 5. The largest absolute Gasteiger partial charge is 0.379 e. The summed E-state index contributed by atoms with van der Waals surface area (Å²) in [5.74, 6) is 0. The molecule has 0 radical (unpaired) electrons. The highest BCUT2D eigenvalue weighted by atomic mass is 16.6. The van der Waals surface area contributed by atoms with Crippen molar-refractivity contribution in [1.29, 1.82) is 5.26 Å². The maximum atomic E-state index is 11.0. The first-order chi connectivity index (χ1) is 9.61. The molecule has 7 heteroatoms. The van der Waals surface area contributed by atoms with Crippen molar-refractivity contribution < 1.29 is 4.92 Å². The van der Waals surface area contributed by atoms with Crippen LogP contribution in [0, 0.1) is 21.4 Å². The van der Waals surface area contributed by atoms with Crippen molar-refractivity contribution in [2.24, 2.45) is 7.05 Å². The first-order valence-electron chi connectivity index (χ1n) is 6.00. The minimum Gasteiger partial charge on any atom is -0.379 e. The highest BCUT2D eigenvalue weighted by Crippen LogP contribution is 2.27. The lowest BCUT2D eigenvalue weighted by Crippen LogP contribution is -2.07. The third kappa shape index (κ3) is 2.92. The lowest BCUT2D eigenvalue weighted by Gasteiger charge is -2.06. The number of hydrogen-bond donors (Lipinski definition) is 1. The van der Waals surface area contributed by atoms with Crippen molar-refractivity contribution in [1.82, 2.24) is 9.78 Å². The summed E-state index contributed by atoms with van der Waals surface area (Å²) in [6.45, 7) is 0.529. The highest BCUT2D eigenvalue weighted by molar-refractivity contribution is 5.68. The Morgan fingerprint density at radius 2 is 2.35 bits per heavy atom. The van der Waals surface area contributed by atoms with Crippen LogP contribution >= 0.6 is 0 Å². The van der Waals surface area contributed by atoms with Crippen molar-refractivity contribution >= 4 is 11.4 Å². The van der Waals surface area contributed by atoms with E-state index in [-0.39, 0.29) is 11.3 Å². The normalized spacial score (nSPS) is 10.0. The molecule has 0 aliphatic heterocycles. The predicted molar refractivity (Wildman–Crippen MR) is 73.2 cm³/mol. The summed E-state index contributed by atoms with van der Waals surface area (Å²) < 4.78 is 1.70. The van der Waals surface area contributed by atoms with Crippen molar-refractivity contribution in [2.75, 3.05) is 11.9 Å². The first kappa shape index (κ1) is 13.5. The number of aryl methyl sites for hydroxylation is 1. The van der Waals surface area contributed by atoms with Crippen molar-refractivity contribution in [3.8, 4) is 6.07 Å². The van der Waals surface area contributed by atoms with E-state index in [1.54, 1.807) is 23.0 Å². The summed E-state index contributed by atoms with van der Waals surface area (Å²) in [5.41, 5.74) is 1.28.